The van der Waals surface area contributed by atoms with Crippen LogP contribution < -0.4 is 0 Å². The van der Waals surface area contributed by atoms with Crippen LogP contribution in [0.4, 0.5) is 0 Å². The Kier molecular flexibility index (Phi) is 88.9. The van der Waals surface area contributed by atoms with Gasteiger partial charge in [-0.15, -0.1) is 0 Å². The summed E-state index contributed by atoms with van der Waals surface area (Å²) in [5.74, 6) is -1.56. The summed E-state index contributed by atoms with van der Waals surface area (Å²) in [5, 5.41) is 8.51. The van der Waals surface area contributed by atoms with Crippen LogP contribution in [0.5, 0.6) is 0 Å². The van der Waals surface area contributed by atoms with Crippen LogP contribution in [0, 0.1) is 0 Å². The van der Waals surface area contributed by atoms with Gasteiger partial charge in [0.05, 0.1) is 6.61 Å². The first kappa shape index (κ1) is 101. The highest BCUT2D eigenvalue weighted by atomic mass is 32.3. The number of aliphatic carboxylic acids is 1. The first-order valence-electron chi connectivity index (χ1n) is 42.8. The van der Waals surface area contributed by atoms with E-state index in [9.17, 15) is 27.6 Å². The third-order valence-corrected chi connectivity index (χ3v) is 18.9. The van der Waals surface area contributed by atoms with E-state index < -0.39 is 22.5 Å². The molecule has 2 N–H and O–H groups in total. The molecule has 0 saturated carbocycles. The van der Waals surface area contributed by atoms with Gasteiger partial charge in [0.1, 0.15) is 13.2 Å². The summed E-state index contributed by atoms with van der Waals surface area (Å²) >= 11 is 0. The molecule has 0 aromatic rings. The van der Waals surface area contributed by atoms with Gasteiger partial charge in [0.2, 0.25) is 0 Å². The lowest BCUT2D eigenvalue weighted by atomic mass is 10.1. The predicted octanol–water partition coefficient (Wildman–Crippen LogP) is 27.9. The maximum absolute atomic E-state index is 12.8. The number of allylic oxidation sites excluding steroid dienone is 8. The summed E-state index contributed by atoms with van der Waals surface area (Å²) in [4.78, 5) is 48.4. The van der Waals surface area contributed by atoms with Crippen LogP contribution in [0.2, 0.25) is 0 Å². The minimum atomic E-state index is -4.23. The molecule has 0 bridgehead atoms. The summed E-state index contributed by atoms with van der Waals surface area (Å²) in [6.07, 6.45) is 94.3. The van der Waals surface area contributed by atoms with E-state index in [0.717, 1.165) is 103 Å². The first-order valence-corrected chi connectivity index (χ1v) is 44.2. The highest BCUT2D eigenvalue weighted by Gasteiger charge is 2.20. The lowest BCUT2D eigenvalue weighted by Crippen LogP contribution is -2.30. The lowest BCUT2D eigenvalue weighted by Gasteiger charge is -2.18. The Morgan fingerprint density at radius 3 is 0.710 bits per heavy atom. The Morgan fingerprint density at radius 1 is 0.280 bits per heavy atom. The molecule has 0 radical (unpaired) electrons. The molecule has 0 aromatic carbocycles. The molecule has 100 heavy (non-hydrogen) atoms. The normalized spacial score (nSPS) is 12.0. The maximum Gasteiger partial charge on any atom is 0.397 e. The summed E-state index contributed by atoms with van der Waals surface area (Å²) < 4.78 is 49.8. The Bertz CT molecular complexity index is 1860. The smallest absolute Gasteiger partial charge is 0.397 e. The number of carbonyl (C=O) groups excluding carboxylic acids is 3. The number of rotatable bonds is 77. The van der Waals surface area contributed by atoms with E-state index in [-0.39, 0.29) is 37.7 Å². The van der Waals surface area contributed by atoms with Gasteiger partial charge in [0.25, 0.3) is 0 Å². The topological polar surface area (TPSA) is 180 Å². The molecule has 0 aromatic heterocycles. The van der Waals surface area contributed by atoms with Crippen LogP contribution in [0.15, 0.2) is 48.6 Å². The fourth-order valence-electron chi connectivity index (χ4n) is 12.0. The molecule has 0 rings (SSSR count). The fraction of sp³-hybridized carbons (Fsp3) is 0.862. The number of esters is 3. The first-order chi connectivity index (χ1) is 48.9. The zero-order valence-electron chi connectivity index (χ0n) is 66.4. The van der Waals surface area contributed by atoms with E-state index in [1.54, 1.807) is 0 Å². The number of carboxylic acid groups (broad SMARTS) is 1. The molecular formula is C87H164O12S. The zero-order valence-corrected chi connectivity index (χ0v) is 67.2. The third-order valence-electron chi connectivity index (χ3n) is 18.5. The molecule has 0 amide bonds. The van der Waals surface area contributed by atoms with Crippen molar-refractivity contribution in [3.63, 3.8) is 0 Å². The van der Waals surface area contributed by atoms with Crippen molar-refractivity contribution in [2.75, 3.05) is 19.8 Å². The van der Waals surface area contributed by atoms with E-state index in [4.69, 9.17) is 23.9 Å². The molecule has 0 aliphatic rings. The van der Waals surface area contributed by atoms with Gasteiger partial charge < -0.3 is 19.3 Å². The van der Waals surface area contributed by atoms with Crippen LogP contribution in [0.25, 0.3) is 0 Å². The van der Waals surface area contributed by atoms with Gasteiger partial charge in [-0.3, -0.25) is 23.7 Å². The molecule has 12 nitrogen and oxygen atoms in total. The summed E-state index contributed by atoms with van der Waals surface area (Å²) in [7, 11) is -4.23. The van der Waals surface area contributed by atoms with E-state index in [0.29, 0.717) is 32.1 Å². The van der Waals surface area contributed by atoms with Crippen LogP contribution >= 0.6 is 0 Å². The van der Waals surface area contributed by atoms with Crippen molar-refractivity contribution in [3.05, 3.63) is 48.6 Å². The quantitative estimate of drug-likeness (QED) is 0.0194. The van der Waals surface area contributed by atoms with Gasteiger partial charge in [-0.25, -0.2) is 4.18 Å². The Labute approximate surface area is 619 Å². The van der Waals surface area contributed by atoms with E-state index >= 15 is 0 Å². The van der Waals surface area contributed by atoms with Crippen molar-refractivity contribution in [2.45, 2.75) is 464 Å². The second-order valence-corrected chi connectivity index (χ2v) is 29.7. The molecule has 590 valence electrons. The SMILES string of the molecule is CCCCCCCCC=CCCCCCCCC(=O)O.CCCCCCCCC=CCCCCCCCC(=O)OCC(COC(=O)CCCCCCCC=CCCCCCCCC)OC(=O)CCCCCCCC=CCCCCCCCC.CCCCCCCCCCCCOS(=O)(=O)O. The van der Waals surface area contributed by atoms with Crippen LogP contribution in [0.3, 0.4) is 0 Å². The number of hydrogen-bond donors (Lipinski definition) is 2. The molecule has 0 heterocycles. The molecule has 0 fully saturated rings. The summed E-state index contributed by atoms with van der Waals surface area (Å²) in [5.41, 5.74) is 0. The summed E-state index contributed by atoms with van der Waals surface area (Å²) in [6, 6.07) is 0. The van der Waals surface area contributed by atoms with Crippen LogP contribution in [-0.4, -0.2) is 67.9 Å². The van der Waals surface area contributed by atoms with Crippen molar-refractivity contribution in [1.82, 2.24) is 0 Å². The minimum Gasteiger partial charge on any atom is -0.481 e. The zero-order chi connectivity index (χ0) is 73.7. The average molecular weight is 1430 g/mol. The monoisotopic (exact) mass is 1430 g/mol. The van der Waals surface area contributed by atoms with Crippen molar-refractivity contribution >= 4 is 34.3 Å². The van der Waals surface area contributed by atoms with Gasteiger partial charge in [0, 0.05) is 25.7 Å². The maximum atomic E-state index is 12.8. The lowest BCUT2D eigenvalue weighted by molar-refractivity contribution is -0.167. The third kappa shape index (κ3) is 96.8. The molecule has 0 aliphatic heterocycles. The molecule has 0 unspecified atom stereocenters. The number of hydrogen-bond acceptors (Lipinski definition) is 10. The molecular weight excluding hydrogens is 1270 g/mol. The number of carbonyl (C=O) groups is 4. The van der Waals surface area contributed by atoms with Gasteiger partial charge in [0.15, 0.2) is 6.10 Å². The van der Waals surface area contributed by atoms with Gasteiger partial charge >= 0.3 is 34.3 Å². The van der Waals surface area contributed by atoms with Gasteiger partial charge in [-0.2, -0.15) is 8.42 Å². The van der Waals surface area contributed by atoms with Crippen molar-refractivity contribution in [3.8, 4) is 0 Å². The van der Waals surface area contributed by atoms with E-state index in [1.165, 1.54) is 289 Å². The van der Waals surface area contributed by atoms with Gasteiger partial charge in [-0.05, 0) is 135 Å². The van der Waals surface area contributed by atoms with E-state index in [1.807, 2.05) is 0 Å². The second-order valence-electron chi connectivity index (χ2n) is 28.6. The fourth-order valence-corrected chi connectivity index (χ4v) is 12.3. The van der Waals surface area contributed by atoms with Crippen molar-refractivity contribution in [2.24, 2.45) is 0 Å². The molecule has 0 atom stereocenters. The summed E-state index contributed by atoms with van der Waals surface area (Å²) in [6.45, 7) is 11.2. The van der Waals surface area contributed by atoms with Crippen molar-refractivity contribution in [1.29, 1.82) is 0 Å². The van der Waals surface area contributed by atoms with Crippen molar-refractivity contribution < 1.29 is 55.6 Å². The Balaban J connectivity index is -0.00000204. The second kappa shape index (κ2) is 88.1. The highest BCUT2D eigenvalue weighted by Crippen LogP contribution is 2.17. The molecule has 0 saturated heterocycles. The van der Waals surface area contributed by atoms with Crippen LogP contribution in [-0.2, 0) is 48.0 Å². The standard InChI is InChI=1S/C57H104O6.C18H34O2.C12H26O4S/c1-4-7-10-13-16-19-22-25-28-31-34-37-40-43-46-49-55(58)61-52-54(63-57(60)51-48-45-42-39-36-33-30-27-24-21-18-15-12-9-6-3)53-62-56(59)50-47-44-41-38-35-32-29-26-23-20-17-14-11-8-5-2;1-2-3-4-5-6-7-8-9-10-11-12-13-14-15-16-17-18(19)20;1-2-3-4-5-6-7-8-9-10-11-12-16-17(13,14)15/h25-30,54H,4-24,31-53H2,1-3H3;9-10H,2-8,11-17H2,1H3,(H,19,20);2-12H2,1H3,(H,13,14,15). The van der Waals surface area contributed by atoms with E-state index in [2.05, 4.69) is 87.4 Å². The minimum absolute atomic E-state index is 0.0806. The molecule has 0 aliphatic carbocycles. The Morgan fingerprint density at radius 2 is 0.480 bits per heavy atom. The highest BCUT2D eigenvalue weighted by molar-refractivity contribution is 7.80. The number of carboxylic acids is 1. The average Bonchev–Trinajstić information content (AvgIpc) is 1.20. The molecule has 0 spiro atoms. The Hall–Kier alpha value is -3.29. The molecule has 13 heteroatoms. The van der Waals surface area contributed by atoms with Gasteiger partial charge in [-0.1, -0.05) is 346 Å². The van der Waals surface area contributed by atoms with Crippen LogP contribution in [0.1, 0.15) is 458 Å². The largest absolute Gasteiger partial charge is 0.481 e. The number of ether oxygens (including phenoxy) is 3. The predicted molar refractivity (Wildman–Crippen MR) is 427 cm³/mol. The number of unbranched alkanes of at least 4 members (excludes halogenated alkanes) is 53.